The zero-order chi connectivity index (χ0) is 17.3. The summed E-state index contributed by atoms with van der Waals surface area (Å²) in [6.45, 7) is 5.34. The van der Waals surface area contributed by atoms with Crippen LogP contribution in [-0.4, -0.2) is 57.5 Å². The smallest absolute Gasteiger partial charge is 0.430 e. The zero-order valence-corrected chi connectivity index (χ0v) is 10.8. The number of aliphatic carboxylic acids is 2. The van der Waals surface area contributed by atoms with Crippen molar-refractivity contribution in [2.45, 2.75) is 12.4 Å². The van der Waals surface area contributed by atoms with Gasteiger partial charge in [-0.15, -0.1) is 0 Å². The van der Waals surface area contributed by atoms with Crippen LogP contribution in [0.4, 0.5) is 26.3 Å². The number of nitrogens with two attached hydrogens (primary N) is 1. The summed E-state index contributed by atoms with van der Waals surface area (Å²) in [6.07, 6.45) is -10.4. The molecule has 1 rings (SSSR count). The van der Waals surface area contributed by atoms with Gasteiger partial charge in [-0.1, -0.05) is 0 Å². The molecule has 0 aromatic heterocycles. The van der Waals surface area contributed by atoms with Gasteiger partial charge in [-0.3, -0.25) is 0 Å². The lowest BCUT2D eigenvalue weighted by Gasteiger charge is -2.16. The van der Waals surface area contributed by atoms with Gasteiger partial charge in [0.2, 0.25) is 0 Å². The van der Waals surface area contributed by atoms with Crippen LogP contribution in [0, 0.1) is 0 Å². The van der Waals surface area contributed by atoms with Gasteiger partial charge in [0, 0.05) is 0 Å². The highest BCUT2D eigenvalue weighted by Gasteiger charge is 2.29. The molecule has 3 N–H and O–H groups in total. The number of hydrogen-bond acceptors (Lipinski definition) is 4. The fraction of sp³-hybridized carbons (Fsp3) is 0.778. The van der Waals surface area contributed by atoms with Crippen molar-refractivity contribution >= 4 is 11.9 Å². The van der Waals surface area contributed by atoms with Crippen LogP contribution in [0.3, 0.4) is 0 Å². The first kappa shape index (κ1) is 21.7. The molecule has 1 aliphatic rings. The molecule has 0 bridgehead atoms. The Balaban J connectivity index is 0. The number of carboxylic acids is 2. The van der Waals surface area contributed by atoms with E-state index in [1.54, 1.807) is 4.90 Å². The van der Waals surface area contributed by atoms with Crippen LogP contribution in [0.15, 0.2) is 0 Å². The Bertz CT molecular complexity index is 301. The topological polar surface area (TPSA) is 101 Å². The van der Waals surface area contributed by atoms with E-state index in [0.29, 0.717) is 0 Å². The van der Waals surface area contributed by atoms with Crippen molar-refractivity contribution in [1.82, 2.24) is 0 Å². The number of likely N-dealkylation sites (N-methyl/N-ethyl adjacent to an activating group) is 1. The molecule has 1 saturated heterocycles. The Morgan fingerprint density at radius 3 is 1.24 bits per heavy atom. The SMILES string of the molecule is C[NH+]1CC[NH2+]CC1.O=C([O-])C(F)(F)F.O=C([O-])C(F)(F)F. The van der Waals surface area contributed by atoms with E-state index in [1.165, 1.54) is 26.2 Å². The third-order valence-corrected chi connectivity index (χ3v) is 2.01. The van der Waals surface area contributed by atoms with Gasteiger partial charge < -0.3 is 30.0 Å². The number of carbonyl (C=O) groups is 2. The van der Waals surface area contributed by atoms with E-state index in [-0.39, 0.29) is 0 Å². The largest absolute Gasteiger partial charge is 0.542 e. The second-order valence-electron chi connectivity index (χ2n) is 3.89. The maximum absolute atomic E-state index is 10.5. The highest BCUT2D eigenvalue weighted by molar-refractivity contribution is 5.71. The monoisotopic (exact) mass is 328 g/mol. The van der Waals surface area contributed by atoms with Crippen molar-refractivity contribution in [2.24, 2.45) is 0 Å². The number of carbonyl (C=O) groups excluding carboxylic acids is 2. The molecule has 12 heteroatoms. The van der Waals surface area contributed by atoms with Gasteiger partial charge in [0.15, 0.2) is 0 Å². The van der Waals surface area contributed by atoms with Crippen molar-refractivity contribution in [1.29, 1.82) is 0 Å². The Labute approximate surface area is 115 Å². The van der Waals surface area contributed by atoms with Crippen LogP contribution in [-0.2, 0) is 9.59 Å². The van der Waals surface area contributed by atoms with Gasteiger partial charge in [0.25, 0.3) is 0 Å². The number of hydrogen-bond donors (Lipinski definition) is 2. The molecule has 0 unspecified atom stereocenters. The fourth-order valence-electron chi connectivity index (χ4n) is 0.966. The van der Waals surface area contributed by atoms with Crippen molar-refractivity contribution in [3.05, 3.63) is 0 Å². The first-order chi connectivity index (χ1) is 9.28. The summed E-state index contributed by atoms with van der Waals surface area (Å²) < 4.78 is 63.1. The quantitative estimate of drug-likeness (QED) is 0.439. The number of alkyl halides is 6. The zero-order valence-electron chi connectivity index (χ0n) is 10.8. The highest BCUT2D eigenvalue weighted by atomic mass is 19.4. The standard InChI is InChI=1S/C5H12N2.2C2HF3O2/c1-7-4-2-6-3-5-7;2*3-2(4,5)1(6)7/h6H,2-5H2,1H3;2*(H,6,7). The van der Waals surface area contributed by atoms with E-state index in [2.05, 4.69) is 12.4 Å². The molecule has 126 valence electrons. The highest BCUT2D eigenvalue weighted by Crippen LogP contribution is 2.12. The summed E-state index contributed by atoms with van der Waals surface area (Å²) in [7, 11) is 2.26. The predicted octanol–water partition coefficient (Wildman–Crippen LogP) is -4.32. The number of halogens is 6. The third-order valence-electron chi connectivity index (χ3n) is 2.01. The predicted molar refractivity (Wildman–Crippen MR) is 50.4 cm³/mol. The molecule has 6 nitrogen and oxygen atoms in total. The lowest BCUT2D eigenvalue weighted by Crippen LogP contribution is -3.18. The molecule has 0 aliphatic carbocycles. The summed E-state index contributed by atoms with van der Waals surface area (Å²) in [5, 5.41) is 20.0. The summed E-state index contributed by atoms with van der Waals surface area (Å²) in [5.74, 6) is -6.01. The number of rotatable bonds is 0. The number of carboxylic acid groups (broad SMARTS) is 2. The second kappa shape index (κ2) is 9.39. The van der Waals surface area contributed by atoms with Gasteiger partial charge in [-0.25, -0.2) is 0 Å². The minimum atomic E-state index is -5.19. The lowest BCUT2D eigenvalue weighted by atomic mass is 10.4. The summed E-state index contributed by atoms with van der Waals surface area (Å²) >= 11 is 0. The minimum Gasteiger partial charge on any atom is -0.542 e. The number of quaternary nitrogens is 2. The Kier molecular flexibility index (Phi) is 9.72. The van der Waals surface area contributed by atoms with Gasteiger partial charge in [-0.05, 0) is 0 Å². The Morgan fingerprint density at radius 1 is 0.905 bits per heavy atom. The normalized spacial score (nSPS) is 16.0. The maximum Gasteiger partial charge on any atom is 0.430 e. The molecule has 0 spiro atoms. The van der Waals surface area contributed by atoms with Gasteiger partial charge in [0.1, 0.15) is 38.1 Å². The van der Waals surface area contributed by atoms with Gasteiger partial charge in [-0.2, -0.15) is 26.3 Å². The van der Waals surface area contributed by atoms with E-state index < -0.39 is 24.3 Å². The summed E-state index contributed by atoms with van der Waals surface area (Å²) in [5.41, 5.74) is 0. The summed E-state index contributed by atoms with van der Waals surface area (Å²) in [6, 6.07) is 0. The average molecular weight is 328 g/mol. The Hall–Kier alpha value is -1.56. The molecular weight excluding hydrogens is 314 g/mol. The van der Waals surface area contributed by atoms with Crippen LogP contribution in [0.1, 0.15) is 0 Å². The van der Waals surface area contributed by atoms with E-state index in [9.17, 15) is 26.3 Å². The van der Waals surface area contributed by atoms with Crippen LogP contribution in [0.5, 0.6) is 0 Å². The molecule has 0 amide bonds. The lowest BCUT2D eigenvalue weighted by molar-refractivity contribution is -0.930. The molecule has 0 radical (unpaired) electrons. The second-order valence-corrected chi connectivity index (χ2v) is 3.89. The molecular formula is C9H14F6N2O4. The number of nitrogens with one attached hydrogen (secondary N) is 1. The van der Waals surface area contributed by atoms with Crippen molar-refractivity contribution in [2.75, 3.05) is 33.2 Å². The van der Waals surface area contributed by atoms with Crippen molar-refractivity contribution < 1.29 is 56.4 Å². The van der Waals surface area contributed by atoms with E-state index >= 15 is 0 Å². The molecule has 1 aliphatic heterocycles. The average Bonchev–Trinajstić information content (AvgIpc) is 2.28. The Morgan fingerprint density at radius 2 is 1.14 bits per heavy atom. The van der Waals surface area contributed by atoms with Crippen LogP contribution in [0.25, 0.3) is 0 Å². The fourth-order valence-corrected chi connectivity index (χ4v) is 0.966. The van der Waals surface area contributed by atoms with E-state index in [1.807, 2.05) is 0 Å². The first-order valence-electron chi connectivity index (χ1n) is 5.47. The molecule has 1 heterocycles. The van der Waals surface area contributed by atoms with E-state index in [0.717, 1.165) is 0 Å². The maximum atomic E-state index is 10.5. The summed E-state index contributed by atoms with van der Waals surface area (Å²) in [4.78, 5) is 19.3. The van der Waals surface area contributed by atoms with E-state index in [4.69, 9.17) is 19.8 Å². The molecule has 0 atom stereocenters. The van der Waals surface area contributed by atoms with Crippen molar-refractivity contribution in [3.8, 4) is 0 Å². The minimum absolute atomic E-state index is 1.33. The molecule has 0 aromatic carbocycles. The third kappa shape index (κ3) is 14.7. The van der Waals surface area contributed by atoms with Gasteiger partial charge in [0.05, 0.1) is 7.05 Å². The molecule has 21 heavy (non-hydrogen) atoms. The molecule has 0 aromatic rings. The molecule has 1 fully saturated rings. The van der Waals surface area contributed by atoms with Crippen LogP contribution in [0.2, 0.25) is 0 Å². The van der Waals surface area contributed by atoms with Gasteiger partial charge >= 0.3 is 12.4 Å². The van der Waals surface area contributed by atoms with Crippen molar-refractivity contribution in [3.63, 3.8) is 0 Å². The number of piperazine rings is 1. The first-order valence-corrected chi connectivity index (χ1v) is 5.47. The van der Waals surface area contributed by atoms with Crippen LogP contribution < -0.4 is 20.4 Å². The van der Waals surface area contributed by atoms with Crippen LogP contribution >= 0.6 is 0 Å². The molecule has 0 saturated carbocycles.